The van der Waals surface area contributed by atoms with Gasteiger partial charge in [0.15, 0.2) is 0 Å². The first-order valence-corrected chi connectivity index (χ1v) is 7.11. The lowest BCUT2D eigenvalue weighted by molar-refractivity contribution is 0.00578. The van der Waals surface area contributed by atoms with Gasteiger partial charge in [-0.15, -0.1) is 0 Å². The van der Waals surface area contributed by atoms with Gasteiger partial charge in [0, 0.05) is 0 Å². The molecule has 1 heterocycles. The molecule has 1 fully saturated rings. The maximum Gasteiger partial charge on any atom is 0.480 e. The Bertz CT molecular complexity index is 460. The first-order chi connectivity index (χ1) is 9.27. The molecule has 1 saturated heterocycles. The zero-order chi connectivity index (χ0) is 15.0. The van der Waals surface area contributed by atoms with Crippen LogP contribution in [0.4, 0.5) is 0 Å². The zero-order valence-electron chi connectivity index (χ0n) is 13.0. The molecule has 2 N–H and O–H groups in total. The first-order valence-electron chi connectivity index (χ1n) is 7.11. The highest BCUT2D eigenvalue weighted by Crippen LogP contribution is 2.39. The molecule has 2 rings (SSSR count). The average molecular weight is 277 g/mol. The van der Waals surface area contributed by atoms with E-state index in [4.69, 9.17) is 19.8 Å². The molecular weight excluding hydrogens is 253 g/mol. The monoisotopic (exact) mass is 277 g/mol. The molecule has 0 saturated carbocycles. The summed E-state index contributed by atoms with van der Waals surface area (Å²) in [7, 11) is -0.447. The molecule has 1 aliphatic rings. The summed E-state index contributed by atoms with van der Waals surface area (Å²) in [5.74, 6) is 0.480. The predicted molar refractivity (Wildman–Crippen MR) is 80.6 cm³/mol. The third-order valence-corrected chi connectivity index (χ3v) is 4.12. The predicted octanol–water partition coefficient (Wildman–Crippen LogP) is 2.72. The van der Waals surface area contributed by atoms with Crippen molar-refractivity contribution in [2.45, 2.75) is 51.8 Å². The van der Waals surface area contributed by atoms with Crippen molar-refractivity contribution in [2.24, 2.45) is 5.73 Å². The van der Waals surface area contributed by atoms with Crippen LogP contribution in [0.5, 0.6) is 5.75 Å². The fourth-order valence-electron chi connectivity index (χ4n) is 2.17. The van der Waals surface area contributed by atoms with Crippen molar-refractivity contribution in [3.05, 3.63) is 29.8 Å². The quantitative estimate of drug-likeness (QED) is 0.860. The van der Waals surface area contributed by atoms with Gasteiger partial charge in [-0.05, 0) is 52.3 Å². The lowest BCUT2D eigenvalue weighted by Crippen LogP contribution is -2.41. The molecule has 0 radical (unpaired) electrons. The van der Waals surface area contributed by atoms with Crippen molar-refractivity contribution < 1.29 is 14.0 Å². The van der Waals surface area contributed by atoms with Crippen molar-refractivity contribution in [1.29, 1.82) is 0 Å². The molecule has 110 valence electrons. The summed E-state index contributed by atoms with van der Waals surface area (Å²) < 4.78 is 17.5. The van der Waals surface area contributed by atoms with Crippen molar-refractivity contribution in [1.82, 2.24) is 0 Å². The van der Waals surface area contributed by atoms with E-state index in [9.17, 15) is 0 Å². The topological polar surface area (TPSA) is 53.7 Å². The highest BCUT2D eigenvalue weighted by atomic mass is 16.7. The van der Waals surface area contributed by atoms with E-state index in [2.05, 4.69) is 0 Å². The largest absolute Gasteiger partial charge is 0.494 e. The van der Waals surface area contributed by atoms with Crippen LogP contribution in [0, 0.1) is 0 Å². The van der Waals surface area contributed by atoms with Gasteiger partial charge >= 0.3 is 7.12 Å². The molecule has 5 heteroatoms. The molecule has 0 unspecified atom stereocenters. The minimum Gasteiger partial charge on any atom is -0.494 e. The van der Waals surface area contributed by atoms with E-state index in [-0.39, 0.29) is 17.1 Å². The summed E-state index contributed by atoms with van der Waals surface area (Å²) in [6.45, 7) is 10.7. The summed E-state index contributed by atoms with van der Waals surface area (Å²) >= 11 is 0. The van der Waals surface area contributed by atoms with Gasteiger partial charge in [0.05, 0.1) is 23.8 Å². The van der Waals surface area contributed by atoms with Gasteiger partial charge in [0.2, 0.25) is 0 Å². The van der Waals surface area contributed by atoms with Gasteiger partial charge in [0.1, 0.15) is 5.75 Å². The Hall–Kier alpha value is -1.04. The molecule has 0 aliphatic carbocycles. The molecule has 1 aromatic carbocycles. The summed E-state index contributed by atoms with van der Waals surface area (Å²) in [6, 6.07) is 7.77. The Morgan fingerprint density at radius 2 is 1.80 bits per heavy atom. The summed E-state index contributed by atoms with van der Waals surface area (Å²) in [5, 5.41) is 0. The SMILES string of the molecule is CCOc1cccc([C@H](N)B2OC(C)(C)C(C)(C)O2)c1. The number of ether oxygens (including phenoxy) is 1. The van der Waals surface area contributed by atoms with E-state index in [1.807, 2.05) is 58.9 Å². The number of hydrogen-bond donors (Lipinski definition) is 1. The molecule has 20 heavy (non-hydrogen) atoms. The molecule has 0 amide bonds. The van der Waals surface area contributed by atoms with Crippen molar-refractivity contribution in [2.75, 3.05) is 6.61 Å². The number of rotatable bonds is 4. The van der Waals surface area contributed by atoms with Gasteiger partial charge < -0.3 is 19.8 Å². The van der Waals surface area contributed by atoms with Gasteiger partial charge in [-0.2, -0.15) is 0 Å². The molecule has 1 aliphatic heterocycles. The Balaban J connectivity index is 2.16. The Kier molecular flexibility index (Phi) is 4.14. The fraction of sp³-hybridized carbons (Fsp3) is 0.600. The maximum atomic E-state index is 6.30. The van der Waals surface area contributed by atoms with Gasteiger partial charge in [-0.3, -0.25) is 0 Å². The minimum atomic E-state index is -0.447. The molecular formula is C15H24BNO3. The zero-order valence-corrected chi connectivity index (χ0v) is 13.0. The van der Waals surface area contributed by atoms with Crippen molar-refractivity contribution >= 4 is 7.12 Å². The van der Waals surface area contributed by atoms with E-state index in [0.717, 1.165) is 11.3 Å². The Labute approximate surface area is 121 Å². The number of nitrogens with two attached hydrogens (primary N) is 1. The first kappa shape index (κ1) is 15.4. The van der Waals surface area contributed by atoms with Crippen LogP contribution in [0.15, 0.2) is 24.3 Å². The maximum absolute atomic E-state index is 6.30. The van der Waals surface area contributed by atoms with E-state index < -0.39 is 7.12 Å². The van der Waals surface area contributed by atoms with E-state index in [1.54, 1.807) is 0 Å². The summed E-state index contributed by atoms with van der Waals surface area (Å²) in [6.07, 6.45) is 0. The smallest absolute Gasteiger partial charge is 0.480 e. The van der Waals surface area contributed by atoms with Crippen LogP contribution < -0.4 is 10.5 Å². The molecule has 0 spiro atoms. The molecule has 4 nitrogen and oxygen atoms in total. The number of benzene rings is 1. The van der Waals surface area contributed by atoms with Gasteiger partial charge in [-0.1, -0.05) is 12.1 Å². The minimum absolute atomic E-state index is 0.337. The Morgan fingerprint density at radius 3 is 2.35 bits per heavy atom. The normalized spacial score (nSPS) is 21.8. The summed E-state index contributed by atoms with van der Waals surface area (Å²) in [5.41, 5.74) is 6.52. The van der Waals surface area contributed by atoms with E-state index in [0.29, 0.717) is 6.61 Å². The van der Waals surface area contributed by atoms with E-state index >= 15 is 0 Å². The Morgan fingerprint density at radius 1 is 1.20 bits per heavy atom. The third kappa shape index (κ3) is 2.85. The third-order valence-electron chi connectivity index (χ3n) is 4.12. The van der Waals surface area contributed by atoms with Crippen LogP contribution >= 0.6 is 0 Å². The van der Waals surface area contributed by atoms with Crippen molar-refractivity contribution in [3.8, 4) is 5.75 Å². The second kappa shape index (κ2) is 5.39. The second-order valence-electron chi connectivity index (χ2n) is 6.16. The lowest BCUT2D eigenvalue weighted by Gasteiger charge is -2.32. The molecule has 0 aromatic heterocycles. The highest BCUT2D eigenvalue weighted by molar-refractivity contribution is 6.47. The van der Waals surface area contributed by atoms with E-state index in [1.165, 1.54) is 0 Å². The molecule has 1 aromatic rings. The average Bonchev–Trinajstić information content (AvgIpc) is 2.58. The second-order valence-corrected chi connectivity index (χ2v) is 6.16. The molecule has 0 bridgehead atoms. The van der Waals surface area contributed by atoms with Crippen LogP contribution in [0.3, 0.4) is 0 Å². The lowest BCUT2D eigenvalue weighted by atomic mass is 9.75. The molecule has 1 atom stereocenters. The van der Waals surface area contributed by atoms with Crippen molar-refractivity contribution in [3.63, 3.8) is 0 Å². The summed E-state index contributed by atoms with van der Waals surface area (Å²) in [4.78, 5) is 0. The number of hydrogen-bond acceptors (Lipinski definition) is 4. The van der Waals surface area contributed by atoms with Crippen LogP contribution in [0.2, 0.25) is 0 Å². The van der Waals surface area contributed by atoms with Gasteiger partial charge in [0.25, 0.3) is 0 Å². The fourth-order valence-corrected chi connectivity index (χ4v) is 2.17. The highest BCUT2D eigenvalue weighted by Gasteiger charge is 2.53. The van der Waals surface area contributed by atoms with Gasteiger partial charge in [-0.25, -0.2) is 0 Å². The van der Waals surface area contributed by atoms with Crippen LogP contribution in [-0.2, 0) is 9.31 Å². The standard InChI is InChI=1S/C15H24BNO3/c1-6-18-12-9-7-8-11(10-12)13(17)16-19-14(2,3)15(4,5)20-16/h7-10,13H,6,17H2,1-5H3/t13-/m0/s1. The van der Waals surface area contributed by atoms with Crippen LogP contribution in [0.25, 0.3) is 0 Å². The van der Waals surface area contributed by atoms with Crippen LogP contribution in [0.1, 0.15) is 46.1 Å². The van der Waals surface area contributed by atoms with Crippen LogP contribution in [-0.4, -0.2) is 24.9 Å².